The van der Waals surface area contributed by atoms with E-state index >= 15 is 0 Å². The molecular weight excluding hydrogens is 368 g/mol. The molecule has 0 spiro atoms. The maximum atomic E-state index is 12.6. The fraction of sp³-hybridized carbons (Fsp3) is 0.105. The lowest BCUT2D eigenvalue weighted by molar-refractivity contribution is 0.102. The first-order valence-electron chi connectivity index (χ1n) is 8.05. The lowest BCUT2D eigenvalue weighted by atomic mass is 10.2. The Bertz CT molecular complexity index is 983. The van der Waals surface area contributed by atoms with Crippen molar-refractivity contribution in [3.63, 3.8) is 0 Å². The molecule has 3 rings (SSSR count). The zero-order valence-corrected chi connectivity index (χ0v) is 15.4. The molecule has 7 nitrogen and oxygen atoms in total. The van der Waals surface area contributed by atoms with Crippen molar-refractivity contribution >= 4 is 35.0 Å². The van der Waals surface area contributed by atoms with Crippen LogP contribution >= 0.6 is 11.6 Å². The molecule has 0 aliphatic rings. The van der Waals surface area contributed by atoms with Crippen LogP contribution in [0.15, 0.2) is 54.7 Å². The first-order chi connectivity index (χ1) is 13.0. The van der Waals surface area contributed by atoms with Gasteiger partial charge in [-0.05, 0) is 49.4 Å². The van der Waals surface area contributed by atoms with E-state index in [1.165, 1.54) is 13.3 Å². The molecule has 3 aromatic rings. The average molecular weight is 385 g/mol. The van der Waals surface area contributed by atoms with Crippen LogP contribution in [0.2, 0.25) is 5.02 Å². The number of hydrogen-bond acceptors (Lipinski definition) is 4. The van der Waals surface area contributed by atoms with Crippen molar-refractivity contribution in [2.45, 2.75) is 6.92 Å². The summed E-state index contributed by atoms with van der Waals surface area (Å²) in [6, 6.07) is 13.9. The Morgan fingerprint density at radius 3 is 2.37 bits per heavy atom. The van der Waals surface area contributed by atoms with Gasteiger partial charge in [-0.25, -0.2) is 9.48 Å². The molecule has 2 amide bonds. The number of benzene rings is 2. The summed E-state index contributed by atoms with van der Waals surface area (Å²) in [5.74, 6) is -0.283. The Balaban J connectivity index is 1.74. The Morgan fingerprint density at radius 1 is 1.07 bits per heavy atom. The van der Waals surface area contributed by atoms with Gasteiger partial charge in [-0.2, -0.15) is 5.10 Å². The van der Waals surface area contributed by atoms with Gasteiger partial charge in [0.2, 0.25) is 0 Å². The van der Waals surface area contributed by atoms with E-state index in [4.69, 9.17) is 11.6 Å². The van der Waals surface area contributed by atoms with Crippen molar-refractivity contribution in [2.24, 2.45) is 0 Å². The molecule has 0 aliphatic carbocycles. The Hall–Kier alpha value is -3.32. The number of nitrogens with zero attached hydrogens (tertiary/aromatic N) is 2. The smallest absolute Gasteiger partial charge is 0.411 e. The van der Waals surface area contributed by atoms with Gasteiger partial charge in [0.05, 0.1) is 30.3 Å². The first kappa shape index (κ1) is 18.5. The predicted octanol–water partition coefficient (Wildman–Crippen LogP) is 4.26. The number of halogens is 1. The van der Waals surface area contributed by atoms with Crippen LogP contribution in [-0.4, -0.2) is 28.9 Å². The molecule has 2 aromatic carbocycles. The van der Waals surface area contributed by atoms with Crippen LogP contribution in [0.25, 0.3) is 5.69 Å². The largest absolute Gasteiger partial charge is 0.453 e. The van der Waals surface area contributed by atoms with Crippen LogP contribution in [0, 0.1) is 6.92 Å². The van der Waals surface area contributed by atoms with Gasteiger partial charge >= 0.3 is 6.09 Å². The molecular formula is C19H17ClN4O3. The van der Waals surface area contributed by atoms with Crippen molar-refractivity contribution in [3.05, 3.63) is 71.0 Å². The highest BCUT2D eigenvalue weighted by atomic mass is 35.5. The van der Waals surface area contributed by atoms with Crippen molar-refractivity contribution in [2.75, 3.05) is 17.7 Å². The van der Waals surface area contributed by atoms with Crippen LogP contribution in [0.3, 0.4) is 0 Å². The highest BCUT2D eigenvalue weighted by Crippen LogP contribution is 2.20. The summed E-state index contributed by atoms with van der Waals surface area (Å²) in [5, 5.41) is 10.2. The molecule has 138 valence electrons. The van der Waals surface area contributed by atoms with E-state index in [-0.39, 0.29) is 5.91 Å². The second-order valence-electron chi connectivity index (χ2n) is 5.68. The molecule has 0 bridgehead atoms. The standard InChI is InChI=1S/C19H17ClN4O3/c1-12-17(11-21-24(12)16-5-3-4-13(20)10-16)18(25)22-14-6-8-15(9-7-14)23-19(26)27-2/h3-11H,1-2H3,(H,22,25)(H,23,26). The molecule has 0 radical (unpaired) electrons. The summed E-state index contributed by atoms with van der Waals surface area (Å²) in [4.78, 5) is 23.8. The van der Waals surface area contributed by atoms with E-state index in [1.54, 1.807) is 41.1 Å². The molecule has 0 saturated carbocycles. The normalized spacial score (nSPS) is 10.3. The molecule has 0 saturated heterocycles. The van der Waals surface area contributed by atoms with E-state index in [1.807, 2.05) is 19.1 Å². The quantitative estimate of drug-likeness (QED) is 0.703. The van der Waals surface area contributed by atoms with E-state index in [2.05, 4.69) is 20.5 Å². The highest BCUT2D eigenvalue weighted by Gasteiger charge is 2.15. The van der Waals surface area contributed by atoms with Gasteiger partial charge in [-0.3, -0.25) is 10.1 Å². The number of carbonyl (C=O) groups is 2. The van der Waals surface area contributed by atoms with Crippen LogP contribution < -0.4 is 10.6 Å². The number of methoxy groups -OCH3 is 1. The number of aromatic nitrogens is 2. The van der Waals surface area contributed by atoms with Gasteiger partial charge in [0.15, 0.2) is 0 Å². The van der Waals surface area contributed by atoms with Crippen molar-refractivity contribution < 1.29 is 14.3 Å². The van der Waals surface area contributed by atoms with E-state index in [9.17, 15) is 9.59 Å². The molecule has 0 aliphatic heterocycles. The monoisotopic (exact) mass is 384 g/mol. The van der Waals surface area contributed by atoms with Crippen molar-refractivity contribution in [1.29, 1.82) is 0 Å². The highest BCUT2D eigenvalue weighted by molar-refractivity contribution is 6.30. The third-order valence-corrected chi connectivity index (χ3v) is 4.12. The molecule has 0 unspecified atom stereocenters. The lowest BCUT2D eigenvalue weighted by Crippen LogP contribution is -2.13. The molecule has 1 heterocycles. The summed E-state index contributed by atoms with van der Waals surface area (Å²) in [7, 11) is 1.29. The SMILES string of the molecule is COC(=O)Nc1ccc(NC(=O)c2cnn(-c3cccc(Cl)c3)c2C)cc1. The number of hydrogen-bond donors (Lipinski definition) is 2. The third-order valence-electron chi connectivity index (χ3n) is 3.88. The lowest BCUT2D eigenvalue weighted by Gasteiger charge is -2.08. The first-order valence-corrected chi connectivity index (χ1v) is 8.42. The maximum Gasteiger partial charge on any atom is 0.411 e. The Labute approximate surface area is 160 Å². The number of amides is 2. The van der Waals surface area contributed by atoms with Crippen LogP contribution in [0.4, 0.5) is 16.2 Å². The molecule has 0 fully saturated rings. The Kier molecular flexibility index (Phi) is 5.42. The molecule has 0 atom stereocenters. The summed E-state index contributed by atoms with van der Waals surface area (Å²) >= 11 is 6.02. The van der Waals surface area contributed by atoms with Crippen LogP contribution in [0.1, 0.15) is 16.1 Å². The zero-order valence-electron chi connectivity index (χ0n) is 14.7. The third kappa shape index (κ3) is 4.27. The molecule has 8 heteroatoms. The van der Waals surface area contributed by atoms with Gasteiger partial charge in [0, 0.05) is 16.4 Å². The summed E-state index contributed by atoms with van der Waals surface area (Å²) < 4.78 is 6.19. The number of anilines is 2. The maximum absolute atomic E-state index is 12.6. The van der Waals surface area contributed by atoms with E-state index < -0.39 is 6.09 Å². The van der Waals surface area contributed by atoms with Gasteiger partial charge in [0.25, 0.3) is 5.91 Å². The van der Waals surface area contributed by atoms with Crippen LogP contribution in [-0.2, 0) is 4.74 Å². The molecule has 1 aromatic heterocycles. The number of carbonyl (C=O) groups excluding carboxylic acids is 2. The fourth-order valence-corrected chi connectivity index (χ4v) is 2.69. The fourth-order valence-electron chi connectivity index (χ4n) is 2.50. The van der Waals surface area contributed by atoms with Crippen molar-refractivity contribution in [3.8, 4) is 5.69 Å². The van der Waals surface area contributed by atoms with Crippen molar-refractivity contribution in [1.82, 2.24) is 9.78 Å². The zero-order chi connectivity index (χ0) is 19.4. The minimum atomic E-state index is -0.559. The van der Waals surface area contributed by atoms with Crippen LogP contribution in [0.5, 0.6) is 0 Å². The number of ether oxygens (including phenoxy) is 1. The summed E-state index contributed by atoms with van der Waals surface area (Å²) in [5.41, 5.74) is 3.07. The number of rotatable bonds is 4. The molecule has 2 N–H and O–H groups in total. The second-order valence-corrected chi connectivity index (χ2v) is 6.12. The minimum Gasteiger partial charge on any atom is -0.453 e. The summed E-state index contributed by atoms with van der Waals surface area (Å²) in [6.45, 7) is 1.81. The number of nitrogens with one attached hydrogen (secondary N) is 2. The average Bonchev–Trinajstić information content (AvgIpc) is 3.04. The van der Waals surface area contributed by atoms with E-state index in [0.717, 1.165) is 5.69 Å². The topological polar surface area (TPSA) is 85.2 Å². The predicted molar refractivity (Wildman–Crippen MR) is 104 cm³/mol. The van der Waals surface area contributed by atoms with Gasteiger partial charge in [-0.1, -0.05) is 17.7 Å². The minimum absolute atomic E-state index is 0.283. The van der Waals surface area contributed by atoms with E-state index in [0.29, 0.717) is 27.7 Å². The molecule has 27 heavy (non-hydrogen) atoms. The van der Waals surface area contributed by atoms with Gasteiger partial charge in [-0.15, -0.1) is 0 Å². The second kappa shape index (κ2) is 7.92. The van der Waals surface area contributed by atoms with Gasteiger partial charge < -0.3 is 10.1 Å². The Morgan fingerprint density at radius 2 is 1.74 bits per heavy atom. The summed E-state index contributed by atoms with van der Waals surface area (Å²) in [6.07, 6.45) is 0.953. The van der Waals surface area contributed by atoms with Gasteiger partial charge in [0.1, 0.15) is 0 Å².